The lowest BCUT2D eigenvalue weighted by atomic mass is 10.2. The van der Waals surface area contributed by atoms with Crippen molar-refractivity contribution in [2.75, 3.05) is 6.54 Å². The molecular weight excluding hydrogens is 278 g/mol. The molecule has 0 amide bonds. The lowest BCUT2D eigenvalue weighted by molar-refractivity contribution is 0.580. The number of halogens is 1. The highest BCUT2D eigenvalue weighted by Gasteiger charge is 2.11. The molecule has 0 aromatic heterocycles. The van der Waals surface area contributed by atoms with Crippen LogP contribution in [0.15, 0.2) is 28.7 Å². The van der Waals surface area contributed by atoms with Crippen LogP contribution in [0.4, 0.5) is 0 Å². The number of hydrogen-bond acceptors (Lipinski definition) is 2. The Morgan fingerprint density at radius 3 is 2.60 bits per heavy atom. The van der Waals surface area contributed by atoms with Gasteiger partial charge in [-0.2, -0.15) is 0 Å². The van der Waals surface area contributed by atoms with Crippen molar-refractivity contribution in [2.24, 2.45) is 0 Å². The van der Waals surface area contributed by atoms with E-state index in [2.05, 4.69) is 20.7 Å². The predicted octanol–water partition coefficient (Wildman–Crippen LogP) is 2.28. The first-order valence-electron chi connectivity index (χ1n) is 4.76. The summed E-state index contributed by atoms with van der Waals surface area (Å²) in [7, 11) is -3.20. The Morgan fingerprint density at radius 1 is 1.33 bits per heavy atom. The van der Waals surface area contributed by atoms with E-state index in [0.29, 0.717) is 6.54 Å². The van der Waals surface area contributed by atoms with Crippen LogP contribution in [0.1, 0.15) is 18.9 Å². The van der Waals surface area contributed by atoms with Crippen molar-refractivity contribution in [2.45, 2.75) is 19.1 Å². The van der Waals surface area contributed by atoms with E-state index >= 15 is 0 Å². The van der Waals surface area contributed by atoms with Crippen LogP contribution in [0, 0.1) is 0 Å². The summed E-state index contributed by atoms with van der Waals surface area (Å²) in [6, 6.07) is 7.33. The molecule has 0 saturated heterocycles. The number of nitrogens with one attached hydrogen (secondary N) is 1. The van der Waals surface area contributed by atoms with Crippen molar-refractivity contribution < 1.29 is 8.42 Å². The van der Waals surface area contributed by atoms with E-state index in [9.17, 15) is 8.42 Å². The Labute approximate surface area is 99.1 Å². The molecule has 0 spiro atoms. The van der Waals surface area contributed by atoms with Gasteiger partial charge in [0.15, 0.2) is 0 Å². The highest BCUT2D eigenvalue weighted by molar-refractivity contribution is 9.10. The molecule has 3 nitrogen and oxygen atoms in total. The first-order chi connectivity index (χ1) is 7.05. The summed E-state index contributed by atoms with van der Waals surface area (Å²) in [6.45, 7) is 2.42. The Kier molecular flexibility index (Phi) is 4.76. The lowest BCUT2D eigenvalue weighted by Crippen LogP contribution is -2.25. The van der Waals surface area contributed by atoms with E-state index in [0.717, 1.165) is 16.5 Å². The second-order valence-corrected chi connectivity index (χ2v) is 5.91. The maximum absolute atomic E-state index is 11.6. The fraction of sp³-hybridized carbons (Fsp3) is 0.400. The highest BCUT2D eigenvalue weighted by Crippen LogP contribution is 2.17. The smallest absolute Gasteiger partial charge is 0.215 e. The molecule has 1 aromatic rings. The fourth-order valence-electron chi connectivity index (χ4n) is 1.13. The zero-order valence-corrected chi connectivity index (χ0v) is 10.9. The van der Waals surface area contributed by atoms with Gasteiger partial charge in [0.1, 0.15) is 0 Å². The molecule has 0 aliphatic rings. The maximum atomic E-state index is 11.6. The minimum Gasteiger partial charge on any atom is -0.215 e. The molecule has 1 rings (SSSR count). The van der Waals surface area contributed by atoms with Gasteiger partial charge in [0.2, 0.25) is 10.0 Å². The zero-order valence-electron chi connectivity index (χ0n) is 8.53. The molecule has 0 saturated carbocycles. The summed E-state index contributed by atoms with van der Waals surface area (Å²) in [5.74, 6) is 0.0222. The molecule has 0 unspecified atom stereocenters. The van der Waals surface area contributed by atoms with Crippen LogP contribution in [-0.4, -0.2) is 15.0 Å². The second-order valence-electron chi connectivity index (χ2n) is 3.24. The molecule has 0 atom stereocenters. The monoisotopic (exact) mass is 291 g/mol. The van der Waals surface area contributed by atoms with E-state index in [4.69, 9.17) is 0 Å². The summed E-state index contributed by atoms with van der Waals surface area (Å²) in [5.41, 5.74) is 0.779. The van der Waals surface area contributed by atoms with Gasteiger partial charge in [-0.15, -0.1) is 0 Å². The van der Waals surface area contributed by atoms with Gasteiger partial charge in [0, 0.05) is 11.0 Å². The Hall–Kier alpha value is -0.390. The first kappa shape index (κ1) is 12.7. The van der Waals surface area contributed by atoms with Crippen molar-refractivity contribution >= 4 is 26.0 Å². The van der Waals surface area contributed by atoms with Crippen molar-refractivity contribution in [3.8, 4) is 0 Å². The molecule has 0 aliphatic carbocycles. The van der Waals surface area contributed by atoms with Crippen LogP contribution >= 0.6 is 15.9 Å². The van der Waals surface area contributed by atoms with Gasteiger partial charge in [0.25, 0.3) is 0 Å². The minimum atomic E-state index is -3.20. The van der Waals surface area contributed by atoms with Crippen LogP contribution < -0.4 is 4.72 Å². The SMILES string of the molecule is CCCNS(=O)(=O)Cc1ccccc1Br. The molecule has 0 aliphatic heterocycles. The Balaban J connectivity index is 2.74. The summed E-state index contributed by atoms with van der Waals surface area (Å²) < 4.78 is 26.5. The van der Waals surface area contributed by atoms with Gasteiger partial charge in [0.05, 0.1) is 5.75 Å². The standard InChI is InChI=1S/C10H14BrNO2S/c1-2-7-12-15(13,14)8-9-5-3-4-6-10(9)11/h3-6,12H,2,7-8H2,1H3. The van der Waals surface area contributed by atoms with E-state index in [1.807, 2.05) is 25.1 Å². The van der Waals surface area contributed by atoms with Crippen LogP contribution in [0.3, 0.4) is 0 Å². The topological polar surface area (TPSA) is 46.2 Å². The Morgan fingerprint density at radius 2 is 2.00 bits per heavy atom. The van der Waals surface area contributed by atoms with Crippen LogP contribution in [0.25, 0.3) is 0 Å². The molecule has 0 bridgehead atoms. The van der Waals surface area contributed by atoms with E-state index < -0.39 is 10.0 Å². The quantitative estimate of drug-likeness (QED) is 0.905. The van der Waals surface area contributed by atoms with Crippen LogP contribution in [0.5, 0.6) is 0 Å². The number of rotatable bonds is 5. The van der Waals surface area contributed by atoms with Gasteiger partial charge >= 0.3 is 0 Å². The van der Waals surface area contributed by atoms with Crippen molar-refractivity contribution in [1.82, 2.24) is 4.72 Å². The van der Waals surface area contributed by atoms with Gasteiger partial charge in [-0.05, 0) is 18.1 Å². The number of benzene rings is 1. The summed E-state index contributed by atoms with van der Waals surface area (Å²) in [5, 5.41) is 0. The molecular formula is C10H14BrNO2S. The molecule has 84 valence electrons. The number of hydrogen-bond donors (Lipinski definition) is 1. The third-order valence-electron chi connectivity index (χ3n) is 1.88. The lowest BCUT2D eigenvalue weighted by Gasteiger charge is -2.06. The summed E-state index contributed by atoms with van der Waals surface area (Å²) >= 11 is 3.32. The highest BCUT2D eigenvalue weighted by atomic mass is 79.9. The average Bonchev–Trinajstić information content (AvgIpc) is 2.18. The van der Waals surface area contributed by atoms with Gasteiger partial charge in [-0.25, -0.2) is 13.1 Å². The zero-order chi connectivity index (χ0) is 11.3. The molecule has 0 fully saturated rings. The van der Waals surface area contributed by atoms with E-state index in [1.165, 1.54) is 0 Å². The third-order valence-corrected chi connectivity index (χ3v) is 3.98. The predicted molar refractivity (Wildman–Crippen MR) is 65.1 cm³/mol. The average molecular weight is 292 g/mol. The largest absolute Gasteiger partial charge is 0.215 e. The second kappa shape index (κ2) is 5.63. The van der Waals surface area contributed by atoms with Crippen molar-refractivity contribution in [3.05, 3.63) is 34.3 Å². The summed E-state index contributed by atoms with van der Waals surface area (Å²) in [6.07, 6.45) is 0.801. The van der Waals surface area contributed by atoms with Gasteiger partial charge in [-0.1, -0.05) is 41.1 Å². The van der Waals surface area contributed by atoms with Gasteiger partial charge < -0.3 is 0 Å². The van der Waals surface area contributed by atoms with Gasteiger partial charge in [-0.3, -0.25) is 0 Å². The summed E-state index contributed by atoms with van der Waals surface area (Å²) in [4.78, 5) is 0. The normalized spacial score (nSPS) is 11.6. The third kappa shape index (κ3) is 4.32. The minimum absolute atomic E-state index is 0.0222. The molecule has 15 heavy (non-hydrogen) atoms. The maximum Gasteiger partial charge on any atom is 0.215 e. The van der Waals surface area contributed by atoms with Crippen molar-refractivity contribution in [1.29, 1.82) is 0 Å². The molecule has 1 aromatic carbocycles. The van der Waals surface area contributed by atoms with Crippen LogP contribution in [0.2, 0.25) is 0 Å². The van der Waals surface area contributed by atoms with Crippen molar-refractivity contribution in [3.63, 3.8) is 0 Å². The van der Waals surface area contributed by atoms with E-state index in [1.54, 1.807) is 6.07 Å². The Bertz CT molecular complexity index is 417. The number of sulfonamides is 1. The first-order valence-corrected chi connectivity index (χ1v) is 7.20. The van der Waals surface area contributed by atoms with Crippen LogP contribution in [-0.2, 0) is 15.8 Å². The molecule has 1 N–H and O–H groups in total. The fourth-order valence-corrected chi connectivity index (χ4v) is 3.02. The molecule has 5 heteroatoms. The van der Waals surface area contributed by atoms with E-state index in [-0.39, 0.29) is 5.75 Å². The molecule has 0 radical (unpaired) electrons. The molecule has 0 heterocycles.